The molecule has 0 bridgehead atoms. The van der Waals surface area contributed by atoms with E-state index in [-0.39, 0.29) is 22.9 Å². The highest BCUT2D eigenvalue weighted by Crippen LogP contribution is 2.40. The minimum Gasteiger partial charge on any atom is -0.378 e. The van der Waals surface area contributed by atoms with E-state index in [1.807, 2.05) is 4.90 Å². The molecule has 6 nitrogen and oxygen atoms in total. The highest BCUT2D eigenvalue weighted by Gasteiger charge is 2.52. The number of nitrogens with zero attached hydrogens (tertiary/aromatic N) is 4. The van der Waals surface area contributed by atoms with E-state index in [1.165, 1.54) is 6.07 Å². The molecule has 0 N–H and O–H groups in total. The van der Waals surface area contributed by atoms with Gasteiger partial charge in [0, 0.05) is 18.0 Å². The first-order chi connectivity index (χ1) is 15.0. The number of aromatic nitrogens is 1. The van der Waals surface area contributed by atoms with Crippen LogP contribution in [-0.2, 0) is 15.7 Å². The van der Waals surface area contributed by atoms with Gasteiger partial charge in [-0.2, -0.15) is 18.4 Å². The molecule has 1 amide bonds. The molecule has 1 aliphatic heterocycles. The number of amides is 1. The zero-order chi connectivity index (χ0) is 23.7. The van der Waals surface area contributed by atoms with Crippen LogP contribution in [0.25, 0.3) is 0 Å². The van der Waals surface area contributed by atoms with Crippen molar-refractivity contribution in [3.05, 3.63) is 23.5 Å². The Hall–Kier alpha value is -1.77. The number of carbonyl (C=O) groups excluding carboxylic acids is 1. The van der Waals surface area contributed by atoms with Crippen molar-refractivity contribution in [2.24, 2.45) is 0 Å². The van der Waals surface area contributed by atoms with Crippen LogP contribution in [0, 0.1) is 11.3 Å². The lowest BCUT2D eigenvalue weighted by atomic mass is 9.89. The molecule has 1 aromatic heterocycles. The monoisotopic (exact) mass is 532 g/mol. The van der Waals surface area contributed by atoms with Crippen molar-refractivity contribution >= 4 is 44.9 Å². The molecule has 1 aromatic rings. The number of hydrogen-bond acceptors (Lipinski definition) is 5. The Kier molecular flexibility index (Phi) is 7.47. The van der Waals surface area contributed by atoms with Crippen LogP contribution in [0.5, 0.6) is 0 Å². The molecule has 0 unspecified atom stereocenters. The molecule has 0 atom stereocenters. The van der Waals surface area contributed by atoms with Crippen LogP contribution < -0.4 is 4.90 Å². The van der Waals surface area contributed by atoms with Crippen molar-refractivity contribution in [3.8, 4) is 6.07 Å². The average molecular weight is 533 g/mol. The van der Waals surface area contributed by atoms with Gasteiger partial charge in [-0.15, -0.1) is 0 Å². The number of alkyl halides is 4. The van der Waals surface area contributed by atoms with Gasteiger partial charge in [0.15, 0.2) is 10.8 Å². The van der Waals surface area contributed by atoms with Gasteiger partial charge in [-0.25, -0.2) is 4.98 Å². The summed E-state index contributed by atoms with van der Waals surface area (Å²) in [5.74, 6) is -0.419. The molecule has 1 saturated carbocycles. The smallest absolute Gasteiger partial charge is 0.378 e. The number of rotatable bonds is 6. The second-order valence-electron chi connectivity index (χ2n) is 8.40. The highest BCUT2D eigenvalue weighted by atomic mass is 79.9. The van der Waals surface area contributed by atoms with Crippen LogP contribution in [0.1, 0.15) is 57.2 Å². The Morgan fingerprint density at radius 3 is 2.56 bits per heavy atom. The van der Waals surface area contributed by atoms with Crippen molar-refractivity contribution in [2.75, 3.05) is 16.8 Å². The van der Waals surface area contributed by atoms with Crippen molar-refractivity contribution in [2.45, 2.75) is 69.8 Å². The number of anilines is 1. The molecule has 0 radical (unpaired) electrons. The van der Waals surface area contributed by atoms with Crippen molar-refractivity contribution in [1.29, 1.82) is 5.26 Å². The van der Waals surface area contributed by atoms with Crippen LogP contribution in [0.15, 0.2) is 12.3 Å². The van der Waals surface area contributed by atoms with Gasteiger partial charge in [0.2, 0.25) is 0 Å². The molecule has 0 spiro atoms. The second kappa shape index (κ2) is 9.61. The summed E-state index contributed by atoms with van der Waals surface area (Å²) in [6.07, 6.45) is 0.596. The molecule has 3 rings (SSSR count). The first-order valence-corrected chi connectivity index (χ1v) is 11.9. The lowest BCUT2D eigenvalue weighted by Crippen LogP contribution is -2.51. The predicted octanol–water partition coefficient (Wildman–Crippen LogP) is 4.80. The maximum atomic E-state index is 13.4. The number of ether oxygens (including phenoxy) is 1. The van der Waals surface area contributed by atoms with Gasteiger partial charge < -0.3 is 9.64 Å². The van der Waals surface area contributed by atoms with E-state index in [4.69, 9.17) is 22.2 Å². The van der Waals surface area contributed by atoms with Crippen LogP contribution >= 0.6 is 28.1 Å². The van der Waals surface area contributed by atoms with Gasteiger partial charge in [0.1, 0.15) is 11.6 Å². The summed E-state index contributed by atoms with van der Waals surface area (Å²) in [5, 5.41) is 10.0. The standard InChI is InChI=1S/C21H24BrF3N4O2S/c1-20(2)18(30)28(14-10-16(21(23,24)25)17(11-26)27-12-14)19(32)29(20)13-4-6-15(7-5-13)31-9-3-8-22/h10,12-13,15H,3-9H2,1-2H3/t13-,15-. The summed E-state index contributed by atoms with van der Waals surface area (Å²) in [4.78, 5) is 19.8. The molecule has 2 aliphatic rings. The summed E-state index contributed by atoms with van der Waals surface area (Å²) in [5.41, 5.74) is -3.04. The van der Waals surface area contributed by atoms with E-state index in [1.54, 1.807) is 13.8 Å². The van der Waals surface area contributed by atoms with Crippen molar-refractivity contribution in [1.82, 2.24) is 9.88 Å². The number of pyridine rings is 1. The molecule has 2 fully saturated rings. The van der Waals surface area contributed by atoms with Gasteiger partial charge in [-0.05, 0) is 64.2 Å². The van der Waals surface area contributed by atoms with Gasteiger partial charge >= 0.3 is 6.18 Å². The Morgan fingerprint density at radius 2 is 2.00 bits per heavy atom. The average Bonchev–Trinajstić information content (AvgIpc) is 2.92. The fourth-order valence-electron chi connectivity index (χ4n) is 4.31. The van der Waals surface area contributed by atoms with E-state index in [0.717, 1.165) is 54.6 Å². The number of hydrogen-bond donors (Lipinski definition) is 0. The van der Waals surface area contributed by atoms with E-state index >= 15 is 0 Å². The largest absolute Gasteiger partial charge is 0.419 e. The van der Waals surface area contributed by atoms with Gasteiger partial charge in [-0.3, -0.25) is 9.69 Å². The zero-order valence-electron chi connectivity index (χ0n) is 17.8. The predicted molar refractivity (Wildman–Crippen MR) is 120 cm³/mol. The maximum absolute atomic E-state index is 13.4. The SMILES string of the molecule is CC1(C)C(=O)N(c2cnc(C#N)c(C(F)(F)F)c2)C(=S)N1[C@H]1CC[C@H](OCCCBr)CC1. The van der Waals surface area contributed by atoms with E-state index in [2.05, 4.69) is 20.9 Å². The number of halogens is 4. The summed E-state index contributed by atoms with van der Waals surface area (Å²) in [6.45, 7) is 4.14. The Labute approximate surface area is 198 Å². The van der Waals surface area contributed by atoms with Crippen LogP contribution in [0.4, 0.5) is 18.9 Å². The molecule has 1 saturated heterocycles. The van der Waals surface area contributed by atoms with E-state index < -0.39 is 28.9 Å². The van der Waals surface area contributed by atoms with Crippen LogP contribution in [0.3, 0.4) is 0 Å². The van der Waals surface area contributed by atoms with E-state index in [0.29, 0.717) is 6.61 Å². The third-order valence-corrected chi connectivity index (χ3v) is 6.85. The highest BCUT2D eigenvalue weighted by molar-refractivity contribution is 9.09. The molecule has 2 heterocycles. The van der Waals surface area contributed by atoms with Crippen molar-refractivity contribution in [3.63, 3.8) is 0 Å². The Morgan fingerprint density at radius 1 is 1.34 bits per heavy atom. The second-order valence-corrected chi connectivity index (χ2v) is 9.55. The lowest BCUT2D eigenvalue weighted by Gasteiger charge is -2.40. The molecule has 32 heavy (non-hydrogen) atoms. The first kappa shape index (κ1) is 24.9. The minimum absolute atomic E-state index is 0.0177. The van der Waals surface area contributed by atoms with Gasteiger partial charge in [0.25, 0.3) is 5.91 Å². The molecule has 0 aromatic carbocycles. The number of carbonyl (C=O) groups is 1. The molecule has 11 heteroatoms. The van der Waals surface area contributed by atoms with Crippen molar-refractivity contribution < 1.29 is 22.7 Å². The van der Waals surface area contributed by atoms with Crippen LogP contribution in [0.2, 0.25) is 0 Å². The number of nitriles is 1. The molecule has 174 valence electrons. The lowest BCUT2D eigenvalue weighted by molar-refractivity contribution is -0.138. The first-order valence-electron chi connectivity index (χ1n) is 10.3. The molecular weight excluding hydrogens is 509 g/mol. The van der Waals surface area contributed by atoms with Gasteiger partial charge in [-0.1, -0.05) is 15.9 Å². The normalized spacial score (nSPS) is 23.5. The summed E-state index contributed by atoms with van der Waals surface area (Å²) in [6, 6.07) is 2.20. The third kappa shape index (κ3) is 4.77. The van der Waals surface area contributed by atoms with Crippen LogP contribution in [-0.4, -0.2) is 50.5 Å². The Bertz CT molecular complexity index is 927. The molecular formula is C21H24BrF3N4O2S. The third-order valence-electron chi connectivity index (χ3n) is 5.91. The fourth-order valence-corrected chi connectivity index (χ4v) is 5.10. The zero-order valence-corrected chi connectivity index (χ0v) is 20.2. The number of thiocarbonyl (C=S) groups is 1. The maximum Gasteiger partial charge on any atom is 0.419 e. The fraction of sp³-hybridized carbons (Fsp3) is 0.619. The summed E-state index contributed by atoms with van der Waals surface area (Å²) >= 11 is 8.97. The summed E-state index contributed by atoms with van der Waals surface area (Å²) < 4.78 is 46.1. The quantitative estimate of drug-likeness (QED) is 0.298. The van der Waals surface area contributed by atoms with E-state index in [9.17, 15) is 18.0 Å². The Balaban J connectivity index is 1.83. The van der Waals surface area contributed by atoms with Gasteiger partial charge in [0.05, 0.1) is 23.6 Å². The molecule has 1 aliphatic carbocycles. The topological polar surface area (TPSA) is 69.5 Å². The summed E-state index contributed by atoms with van der Waals surface area (Å²) in [7, 11) is 0. The minimum atomic E-state index is -4.78.